The van der Waals surface area contributed by atoms with Crippen LogP contribution in [-0.4, -0.2) is 23.1 Å². The minimum atomic E-state index is 0.565. The molecule has 0 aliphatic rings. The first-order valence-electron chi connectivity index (χ1n) is 6.41. The average molecular weight is 336 g/mol. The van der Waals surface area contributed by atoms with Crippen LogP contribution in [0.25, 0.3) is 0 Å². The zero-order valence-electron chi connectivity index (χ0n) is 11.6. The Morgan fingerprint density at radius 1 is 1.15 bits per heavy atom. The monoisotopic (exact) mass is 335 g/mol. The number of hydrogen-bond acceptors (Lipinski definition) is 5. The van der Waals surface area contributed by atoms with Gasteiger partial charge < -0.3 is 16.4 Å². The van der Waals surface area contributed by atoms with Crippen molar-refractivity contribution < 1.29 is 0 Å². The molecular weight excluding hydrogens is 318 g/mol. The fourth-order valence-corrected chi connectivity index (χ4v) is 2.37. The summed E-state index contributed by atoms with van der Waals surface area (Å²) in [4.78, 5) is 8.71. The predicted octanol–water partition coefficient (Wildman–Crippen LogP) is 2.97. The molecule has 106 valence electrons. The van der Waals surface area contributed by atoms with E-state index in [1.807, 2.05) is 19.1 Å². The Kier molecular flexibility index (Phi) is 4.92. The molecule has 20 heavy (non-hydrogen) atoms. The fraction of sp³-hybridized carbons (Fsp3) is 0.286. The van der Waals surface area contributed by atoms with Gasteiger partial charge in [-0.15, -0.1) is 0 Å². The third kappa shape index (κ3) is 3.91. The van der Waals surface area contributed by atoms with E-state index in [2.05, 4.69) is 55.6 Å². The smallest absolute Gasteiger partial charge is 0.136 e. The SMILES string of the molecule is Cc1ccc(Nc2cc(NCCN)nc(C)n2)c(Br)c1. The number of halogens is 1. The maximum Gasteiger partial charge on any atom is 0.136 e. The number of nitrogens with zero attached hydrogens (tertiary/aromatic N) is 2. The van der Waals surface area contributed by atoms with Crippen molar-refractivity contribution in [3.8, 4) is 0 Å². The van der Waals surface area contributed by atoms with Crippen molar-refractivity contribution in [3.05, 3.63) is 40.1 Å². The van der Waals surface area contributed by atoms with E-state index in [1.54, 1.807) is 0 Å². The molecule has 0 fully saturated rings. The van der Waals surface area contributed by atoms with Crippen LogP contribution in [0.5, 0.6) is 0 Å². The summed E-state index contributed by atoms with van der Waals surface area (Å²) in [7, 11) is 0. The van der Waals surface area contributed by atoms with E-state index in [0.717, 1.165) is 21.8 Å². The Morgan fingerprint density at radius 2 is 1.90 bits per heavy atom. The molecule has 0 bridgehead atoms. The zero-order chi connectivity index (χ0) is 14.5. The van der Waals surface area contributed by atoms with Crippen molar-refractivity contribution in [1.82, 2.24) is 9.97 Å². The molecule has 1 heterocycles. The standard InChI is InChI=1S/C14H18BrN5/c1-9-3-4-12(11(15)7-9)20-14-8-13(17-6-5-16)18-10(2)19-14/h3-4,7-8H,5-6,16H2,1-2H3,(H2,17,18,19,20). The Hall–Kier alpha value is -1.66. The van der Waals surface area contributed by atoms with Gasteiger partial charge in [-0.2, -0.15) is 0 Å². The summed E-state index contributed by atoms with van der Waals surface area (Å²) in [5, 5.41) is 6.45. The topological polar surface area (TPSA) is 75.9 Å². The number of rotatable bonds is 5. The average Bonchev–Trinajstić information content (AvgIpc) is 2.39. The molecule has 2 aromatic rings. The highest BCUT2D eigenvalue weighted by Crippen LogP contribution is 2.26. The second-order valence-corrected chi connectivity index (χ2v) is 5.36. The van der Waals surface area contributed by atoms with Gasteiger partial charge in [0, 0.05) is 23.6 Å². The van der Waals surface area contributed by atoms with Crippen LogP contribution in [0, 0.1) is 13.8 Å². The lowest BCUT2D eigenvalue weighted by Gasteiger charge is -2.11. The summed E-state index contributed by atoms with van der Waals surface area (Å²) >= 11 is 3.55. The quantitative estimate of drug-likeness (QED) is 0.783. The van der Waals surface area contributed by atoms with E-state index >= 15 is 0 Å². The summed E-state index contributed by atoms with van der Waals surface area (Å²) in [6, 6.07) is 8.00. The maximum atomic E-state index is 5.48. The number of aromatic nitrogens is 2. The van der Waals surface area contributed by atoms with E-state index in [1.165, 1.54) is 5.56 Å². The molecule has 6 heteroatoms. The van der Waals surface area contributed by atoms with Gasteiger partial charge in [0.25, 0.3) is 0 Å². The molecule has 0 atom stereocenters. The van der Waals surface area contributed by atoms with Gasteiger partial charge in [-0.1, -0.05) is 6.07 Å². The molecule has 5 nitrogen and oxygen atoms in total. The van der Waals surface area contributed by atoms with Gasteiger partial charge in [-0.25, -0.2) is 9.97 Å². The molecule has 1 aromatic heterocycles. The first-order chi connectivity index (χ1) is 9.58. The molecule has 0 saturated carbocycles. The van der Waals surface area contributed by atoms with Gasteiger partial charge >= 0.3 is 0 Å². The van der Waals surface area contributed by atoms with E-state index in [9.17, 15) is 0 Å². The van der Waals surface area contributed by atoms with Gasteiger partial charge in [0.2, 0.25) is 0 Å². The highest BCUT2D eigenvalue weighted by Gasteiger charge is 2.05. The second kappa shape index (κ2) is 6.67. The Morgan fingerprint density at radius 3 is 2.60 bits per heavy atom. The normalized spacial score (nSPS) is 10.4. The van der Waals surface area contributed by atoms with E-state index in [0.29, 0.717) is 18.9 Å². The van der Waals surface area contributed by atoms with Crippen LogP contribution in [0.15, 0.2) is 28.7 Å². The molecule has 0 spiro atoms. The second-order valence-electron chi connectivity index (χ2n) is 4.51. The van der Waals surface area contributed by atoms with E-state index < -0.39 is 0 Å². The lowest BCUT2D eigenvalue weighted by Crippen LogP contribution is -2.14. The van der Waals surface area contributed by atoms with Gasteiger partial charge in [0.1, 0.15) is 17.5 Å². The van der Waals surface area contributed by atoms with Crippen LogP contribution < -0.4 is 16.4 Å². The zero-order valence-corrected chi connectivity index (χ0v) is 13.2. The summed E-state index contributed by atoms with van der Waals surface area (Å²) in [5.41, 5.74) is 7.65. The van der Waals surface area contributed by atoms with Crippen LogP contribution in [-0.2, 0) is 0 Å². The Labute approximate surface area is 127 Å². The Balaban J connectivity index is 2.21. The lowest BCUT2D eigenvalue weighted by atomic mass is 10.2. The summed E-state index contributed by atoms with van der Waals surface area (Å²) in [6.45, 7) is 5.17. The molecule has 0 aliphatic carbocycles. The van der Waals surface area contributed by atoms with Gasteiger partial charge in [0.05, 0.1) is 5.69 Å². The van der Waals surface area contributed by atoms with Crippen LogP contribution in [0.2, 0.25) is 0 Å². The molecule has 0 aliphatic heterocycles. The highest BCUT2D eigenvalue weighted by molar-refractivity contribution is 9.10. The summed E-state index contributed by atoms with van der Waals surface area (Å²) in [6.07, 6.45) is 0. The maximum absolute atomic E-state index is 5.48. The number of nitrogens with one attached hydrogen (secondary N) is 2. The molecule has 0 unspecified atom stereocenters. The summed E-state index contributed by atoms with van der Waals surface area (Å²) < 4.78 is 1.00. The van der Waals surface area contributed by atoms with Gasteiger partial charge in [-0.05, 0) is 47.5 Å². The van der Waals surface area contributed by atoms with Crippen molar-refractivity contribution in [1.29, 1.82) is 0 Å². The lowest BCUT2D eigenvalue weighted by molar-refractivity contribution is 0.987. The molecule has 0 radical (unpaired) electrons. The number of aryl methyl sites for hydroxylation is 2. The number of hydrogen-bond donors (Lipinski definition) is 3. The van der Waals surface area contributed by atoms with E-state index in [4.69, 9.17) is 5.73 Å². The third-order valence-corrected chi connectivity index (χ3v) is 3.33. The van der Waals surface area contributed by atoms with Crippen molar-refractivity contribution >= 4 is 33.3 Å². The Bertz CT molecular complexity index is 600. The molecule has 0 amide bonds. The highest BCUT2D eigenvalue weighted by atomic mass is 79.9. The number of anilines is 3. The largest absolute Gasteiger partial charge is 0.369 e. The first-order valence-corrected chi connectivity index (χ1v) is 7.20. The first kappa shape index (κ1) is 14.7. The summed E-state index contributed by atoms with van der Waals surface area (Å²) in [5.74, 6) is 2.23. The predicted molar refractivity (Wildman–Crippen MR) is 86.5 cm³/mol. The third-order valence-electron chi connectivity index (χ3n) is 2.68. The minimum Gasteiger partial charge on any atom is -0.369 e. The van der Waals surface area contributed by atoms with Crippen molar-refractivity contribution in [2.24, 2.45) is 5.73 Å². The minimum absolute atomic E-state index is 0.565. The van der Waals surface area contributed by atoms with Crippen LogP contribution in [0.3, 0.4) is 0 Å². The molecular formula is C14H18BrN5. The van der Waals surface area contributed by atoms with Crippen molar-refractivity contribution in [2.75, 3.05) is 23.7 Å². The molecule has 1 aromatic carbocycles. The van der Waals surface area contributed by atoms with Gasteiger partial charge in [-0.3, -0.25) is 0 Å². The molecule has 4 N–H and O–H groups in total. The van der Waals surface area contributed by atoms with Crippen LogP contribution in [0.1, 0.15) is 11.4 Å². The fourth-order valence-electron chi connectivity index (χ4n) is 1.78. The van der Waals surface area contributed by atoms with Crippen molar-refractivity contribution in [2.45, 2.75) is 13.8 Å². The van der Waals surface area contributed by atoms with Crippen LogP contribution >= 0.6 is 15.9 Å². The molecule has 0 saturated heterocycles. The number of benzene rings is 1. The van der Waals surface area contributed by atoms with Gasteiger partial charge in [0.15, 0.2) is 0 Å². The number of nitrogens with two attached hydrogens (primary N) is 1. The molecule has 2 rings (SSSR count). The van der Waals surface area contributed by atoms with E-state index in [-0.39, 0.29) is 0 Å². The van der Waals surface area contributed by atoms with Crippen molar-refractivity contribution in [3.63, 3.8) is 0 Å². The van der Waals surface area contributed by atoms with Crippen LogP contribution in [0.4, 0.5) is 17.3 Å².